The van der Waals surface area contributed by atoms with Gasteiger partial charge in [-0.25, -0.2) is 9.98 Å². The molecule has 1 saturated heterocycles. The Hall–Kier alpha value is -1.68. The molecule has 0 saturated carbocycles. The molecule has 0 amide bonds. The third-order valence-corrected chi connectivity index (χ3v) is 4.93. The minimum atomic E-state index is 0. The molecule has 1 aliphatic heterocycles. The Morgan fingerprint density at radius 3 is 2.54 bits per heavy atom. The molecule has 2 heterocycles. The Morgan fingerprint density at radius 2 is 1.86 bits per heavy atom. The third kappa shape index (κ3) is 6.73. The van der Waals surface area contributed by atoms with Crippen LogP contribution in [0.5, 0.6) is 0 Å². The Labute approximate surface area is 185 Å². The van der Waals surface area contributed by atoms with E-state index in [2.05, 4.69) is 56.8 Å². The summed E-state index contributed by atoms with van der Waals surface area (Å²) in [6.07, 6.45) is 5.57. The van der Waals surface area contributed by atoms with E-state index < -0.39 is 0 Å². The van der Waals surface area contributed by atoms with E-state index in [0.717, 1.165) is 24.9 Å². The minimum absolute atomic E-state index is 0. The highest BCUT2D eigenvalue weighted by molar-refractivity contribution is 14.0. The van der Waals surface area contributed by atoms with E-state index in [1.54, 1.807) is 11.0 Å². The van der Waals surface area contributed by atoms with Crippen molar-refractivity contribution in [2.45, 2.75) is 45.8 Å². The van der Waals surface area contributed by atoms with Crippen LogP contribution >= 0.6 is 24.0 Å². The van der Waals surface area contributed by atoms with Gasteiger partial charge in [-0.2, -0.15) is 5.10 Å². The normalized spacial score (nSPS) is 15.1. The summed E-state index contributed by atoms with van der Waals surface area (Å²) in [6.45, 7) is 7.59. The van der Waals surface area contributed by atoms with Gasteiger partial charge in [0.15, 0.2) is 5.96 Å². The lowest BCUT2D eigenvalue weighted by molar-refractivity contribution is 0.220. The van der Waals surface area contributed by atoms with Crippen molar-refractivity contribution in [1.29, 1.82) is 0 Å². The molecule has 1 fully saturated rings. The largest absolute Gasteiger partial charge is 0.357 e. The molecule has 2 N–H and O–H groups in total. The number of aliphatic imine (C=N–C) groups is 1. The number of guanidine groups is 1. The number of aryl methyl sites for hydroxylation is 1. The van der Waals surface area contributed by atoms with Gasteiger partial charge in [0, 0.05) is 20.1 Å². The first-order valence-electron chi connectivity index (χ1n) is 9.90. The van der Waals surface area contributed by atoms with E-state index in [0.29, 0.717) is 13.1 Å². The number of likely N-dealkylation sites (tertiary alicyclic amines) is 1. The number of aromatic nitrogens is 3. The predicted molar refractivity (Wildman–Crippen MR) is 124 cm³/mol. The van der Waals surface area contributed by atoms with Gasteiger partial charge in [0.25, 0.3) is 0 Å². The van der Waals surface area contributed by atoms with E-state index in [-0.39, 0.29) is 24.0 Å². The van der Waals surface area contributed by atoms with Crippen LogP contribution in [0.4, 0.5) is 0 Å². The fourth-order valence-electron chi connectivity index (χ4n) is 3.37. The molecule has 0 radical (unpaired) electrons. The molecule has 0 unspecified atom stereocenters. The van der Waals surface area contributed by atoms with E-state index in [1.165, 1.54) is 43.5 Å². The van der Waals surface area contributed by atoms with Gasteiger partial charge in [-0.15, -0.1) is 24.0 Å². The molecule has 2 aromatic rings. The summed E-state index contributed by atoms with van der Waals surface area (Å²) in [5.74, 6) is 1.68. The molecule has 0 spiro atoms. The van der Waals surface area contributed by atoms with Crippen molar-refractivity contribution in [3.05, 3.63) is 47.5 Å². The van der Waals surface area contributed by atoms with Crippen molar-refractivity contribution in [2.75, 3.05) is 19.6 Å². The maximum Gasteiger partial charge on any atom is 0.191 e. The number of nitrogens with zero attached hydrogens (tertiary/aromatic N) is 5. The second-order valence-electron chi connectivity index (χ2n) is 6.95. The summed E-state index contributed by atoms with van der Waals surface area (Å²) < 4.78 is 1.77. The number of hydrogen-bond acceptors (Lipinski definition) is 4. The van der Waals surface area contributed by atoms with Crippen molar-refractivity contribution >= 4 is 29.9 Å². The molecule has 1 aromatic carbocycles. The SMILES string of the molecule is CCNC(=NCc1ccccc1CN1CCCCC1)NCc1ncnn1C.I. The summed E-state index contributed by atoms with van der Waals surface area (Å²) in [5.41, 5.74) is 2.67. The van der Waals surface area contributed by atoms with Gasteiger partial charge in [-0.1, -0.05) is 30.7 Å². The summed E-state index contributed by atoms with van der Waals surface area (Å²) in [4.78, 5) is 11.6. The first kappa shape index (κ1) is 22.6. The quantitative estimate of drug-likeness (QED) is 0.350. The summed E-state index contributed by atoms with van der Waals surface area (Å²) in [6, 6.07) is 8.66. The smallest absolute Gasteiger partial charge is 0.191 e. The molecule has 28 heavy (non-hydrogen) atoms. The summed E-state index contributed by atoms with van der Waals surface area (Å²) >= 11 is 0. The Bertz CT molecular complexity index is 738. The third-order valence-electron chi connectivity index (χ3n) is 4.93. The minimum Gasteiger partial charge on any atom is -0.357 e. The molecule has 1 aliphatic rings. The lowest BCUT2D eigenvalue weighted by Gasteiger charge is -2.27. The number of piperidine rings is 1. The van der Waals surface area contributed by atoms with Crippen molar-refractivity contribution in [2.24, 2.45) is 12.0 Å². The molecule has 7 nitrogen and oxygen atoms in total. The van der Waals surface area contributed by atoms with Crippen LogP contribution in [0.25, 0.3) is 0 Å². The van der Waals surface area contributed by atoms with Crippen LogP contribution in [0.1, 0.15) is 43.1 Å². The highest BCUT2D eigenvalue weighted by Crippen LogP contribution is 2.16. The van der Waals surface area contributed by atoms with Crippen LogP contribution in [0.3, 0.4) is 0 Å². The van der Waals surface area contributed by atoms with Gasteiger partial charge in [0.1, 0.15) is 12.2 Å². The van der Waals surface area contributed by atoms with Gasteiger partial charge in [0.2, 0.25) is 0 Å². The molecule has 0 bridgehead atoms. The van der Waals surface area contributed by atoms with E-state index in [9.17, 15) is 0 Å². The Morgan fingerprint density at radius 1 is 1.11 bits per heavy atom. The fourth-order valence-corrected chi connectivity index (χ4v) is 3.37. The van der Waals surface area contributed by atoms with Crippen molar-refractivity contribution in [3.63, 3.8) is 0 Å². The second kappa shape index (κ2) is 12.0. The second-order valence-corrected chi connectivity index (χ2v) is 6.95. The van der Waals surface area contributed by atoms with Crippen LogP contribution in [0.2, 0.25) is 0 Å². The maximum absolute atomic E-state index is 4.79. The molecule has 154 valence electrons. The number of rotatable bonds is 7. The molecule has 3 rings (SSSR count). The monoisotopic (exact) mass is 497 g/mol. The highest BCUT2D eigenvalue weighted by atomic mass is 127. The van der Waals surface area contributed by atoms with Crippen LogP contribution in [-0.2, 0) is 26.7 Å². The van der Waals surface area contributed by atoms with Crippen LogP contribution in [0.15, 0.2) is 35.6 Å². The van der Waals surface area contributed by atoms with Crippen LogP contribution in [-0.4, -0.2) is 45.3 Å². The molecule has 8 heteroatoms. The van der Waals surface area contributed by atoms with Crippen LogP contribution in [0, 0.1) is 0 Å². The summed E-state index contributed by atoms with van der Waals surface area (Å²) in [5, 5.41) is 10.7. The molecule has 0 atom stereocenters. The van der Waals surface area contributed by atoms with E-state index >= 15 is 0 Å². The topological polar surface area (TPSA) is 70.4 Å². The Balaban J connectivity index is 0.00000280. The number of benzene rings is 1. The van der Waals surface area contributed by atoms with E-state index in [1.807, 2.05) is 7.05 Å². The van der Waals surface area contributed by atoms with Crippen molar-refractivity contribution < 1.29 is 0 Å². The molecule has 1 aromatic heterocycles. The zero-order chi connectivity index (χ0) is 18.9. The average Bonchev–Trinajstić information content (AvgIpc) is 3.11. The highest BCUT2D eigenvalue weighted by Gasteiger charge is 2.12. The first-order chi connectivity index (χ1) is 13.3. The Kier molecular flexibility index (Phi) is 9.69. The first-order valence-corrected chi connectivity index (χ1v) is 9.90. The van der Waals surface area contributed by atoms with Crippen molar-refractivity contribution in [3.8, 4) is 0 Å². The lowest BCUT2D eigenvalue weighted by atomic mass is 10.1. The average molecular weight is 497 g/mol. The number of nitrogens with one attached hydrogen (secondary N) is 2. The molecular formula is C20H32IN7. The number of hydrogen-bond donors (Lipinski definition) is 2. The van der Waals surface area contributed by atoms with Gasteiger partial charge >= 0.3 is 0 Å². The molecular weight excluding hydrogens is 465 g/mol. The van der Waals surface area contributed by atoms with Gasteiger partial charge in [-0.05, 0) is 44.0 Å². The predicted octanol–water partition coefficient (Wildman–Crippen LogP) is 2.67. The van der Waals surface area contributed by atoms with Crippen LogP contribution < -0.4 is 10.6 Å². The standard InChI is InChI=1S/C20H31N7.HI/c1-3-21-20(23-14-19-24-16-25-26(19)2)22-13-17-9-5-6-10-18(17)15-27-11-7-4-8-12-27;/h5-6,9-10,16H,3-4,7-8,11-15H2,1-2H3,(H2,21,22,23);1H. The van der Waals surface area contributed by atoms with Gasteiger partial charge in [0.05, 0.1) is 13.1 Å². The van der Waals surface area contributed by atoms with Crippen molar-refractivity contribution in [1.82, 2.24) is 30.3 Å². The molecule has 0 aliphatic carbocycles. The van der Waals surface area contributed by atoms with Gasteiger partial charge < -0.3 is 10.6 Å². The number of halogens is 1. The summed E-state index contributed by atoms with van der Waals surface area (Å²) in [7, 11) is 1.89. The zero-order valence-electron chi connectivity index (χ0n) is 16.9. The maximum atomic E-state index is 4.79. The van der Waals surface area contributed by atoms with E-state index in [4.69, 9.17) is 4.99 Å². The fraction of sp³-hybridized carbons (Fsp3) is 0.550. The van der Waals surface area contributed by atoms with Gasteiger partial charge in [-0.3, -0.25) is 9.58 Å². The lowest BCUT2D eigenvalue weighted by Crippen LogP contribution is -2.37. The zero-order valence-corrected chi connectivity index (χ0v) is 19.2.